The van der Waals surface area contributed by atoms with Crippen molar-refractivity contribution < 1.29 is 19.3 Å². The molecule has 0 saturated heterocycles. The van der Waals surface area contributed by atoms with Crippen molar-refractivity contribution in [3.05, 3.63) is 53.6 Å². The van der Waals surface area contributed by atoms with Crippen LogP contribution in [0.5, 0.6) is 17.2 Å². The van der Waals surface area contributed by atoms with Gasteiger partial charge in [-0.25, -0.2) is 4.99 Å². The van der Waals surface area contributed by atoms with E-state index in [1.807, 2.05) is 37.3 Å². The van der Waals surface area contributed by atoms with Gasteiger partial charge in [0, 0.05) is 13.1 Å². The van der Waals surface area contributed by atoms with Crippen molar-refractivity contribution in [1.82, 2.24) is 10.6 Å². The van der Waals surface area contributed by atoms with Crippen molar-refractivity contribution >= 4 is 29.9 Å². The van der Waals surface area contributed by atoms with Gasteiger partial charge >= 0.3 is 0 Å². The van der Waals surface area contributed by atoms with E-state index in [1.165, 1.54) is 5.56 Å². The van der Waals surface area contributed by atoms with E-state index in [1.54, 1.807) is 14.2 Å². The molecule has 0 aliphatic heterocycles. The number of nitrogens with one attached hydrogen (secondary N) is 2. The van der Waals surface area contributed by atoms with Gasteiger partial charge in [-0.1, -0.05) is 25.1 Å². The minimum absolute atomic E-state index is 0. The highest BCUT2D eigenvalue weighted by atomic mass is 127. The van der Waals surface area contributed by atoms with Gasteiger partial charge in [-0.3, -0.25) is 0 Å². The quantitative estimate of drug-likeness (QED) is 0.208. The highest BCUT2D eigenvalue weighted by Gasteiger charge is 2.08. The molecule has 2 aromatic carbocycles. The zero-order valence-corrected chi connectivity index (χ0v) is 21.7. The summed E-state index contributed by atoms with van der Waals surface area (Å²) in [6, 6.07) is 13.9. The van der Waals surface area contributed by atoms with E-state index in [2.05, 4.69) is 34.7 Å². The average molecular weight is 557 g/mol. The van der Waals surface area contributed by atoms with Crippen LogP contribution < -0.4 is 24.8 Å². The van der Waals surface area contributed by atoms with E-state index < -0.39 is 0 Å². The number of ether oxygens (including phenoxy) is 3. The van der Waals surface area contributed by atoms with Crippen molar-refractivity contribution in [1.29, 1.82) is 0 Å². The van der Waals surface area contributed by atoms with Crippen molar-refractivity contribution in [2.45, 2.75) is 32.7 Å². The van der Waals surface area contributed by atoms with E-state index in [-0.39, 0.29) is 37.2 Å². The van der Waals surface area contributed by atoms with Gasteiger partial charge in [0.15, 0.2) is 17.5 Å². The summed E-state index contributed by atoms with van der Waals surface area (Å²) in [7, 11) is 3.28. The molecule has 8 heteroatoms. The van der Waals surface area contributed by atoms with Crippen molar-refractivity contribution in [3.63, 3.8) is 0 Å². The predicted octanol–water partition coefficient (Wildman–Crippen LogP) is 3.94. The average Bonchev–Trinajstić information content (AvgIpc) is 2.81. The second-order valence-corrected chi connectivity index (χ2v) is 7.14. The van der Waals surface area contributed by atoms with Crippen molar-refractivity contribution in [2.24, 2.45) is 4.99 Å². The highest BCUT2D eigenvalue weighted by Crippen LogP contribution is 2.28. The van der Waals surface area contributed by atoms with Gasteiger partial charge in [0.2, 0.25) is 0 Å². The molecular formula is C24H36IN3O4. The zero-order chi connectivity index (χ0) is 22.5. The van der Waals surface area contributed by atoms with E-state index in [0.29, 0.717) is 24.0 Å². The Balaban J connectivity index is 0.00000512. The molecule has 0 fully saturated rings. The molecule has 1 unspecified atom stereocenters. The lowest BCUT2D eigenvalue weighted by Gasteiger charge is -2.15. The smallest absolute Gasteiger partial charge is 0.191 e. The number of aliphatic hydroxyl groups is 1. The van der Waals surface area contributed by atoms with Crippen LogP contribution in [-0.4, -0.2) is 51.6 Å². The standard InChI is InChI=1S/C24H35N3O4.HI/c1-5-25-24(26-13-12-18(2)20-7-9-21(29-3)10-8-20)27-17-19-6-11-22(31-15-14-28)23(16-19)30-4;/h6-11,16,18,28H,5,12-15,17H2,1-4H3,(H2,25,26,27);1H. The Morgan fingerprint density at radius 3 is 2.41 bits per heavy atom. The van der Waals surface area contributed by atoms with Crippen molar-refractivity contribution in [2.75, 3.05) is 40.5 Å². The monoisotopic (exact) mass is 557 g/mol. The Bertz CT molecular complexity index is 815. The molecule has 0 aliphatic carbocycles. The molecule has 2 aromatic rings. The second-order valence-electron chi connectivity index (χ2n) is 7.14. The number of guanidine groups is 1. The summed E-state index contributed by atoms with van der Waals surface area (Å²) in [6.07, 6.45) is 0.988. The van der Waals surface area contributed by atoms with Crippen LogP contribution in [0, 0.1) is 0 Å². The lowest BCUT2D eigenvalue weighted by atomic mass is 9.98. The first-order valence-electron chi connectivity index (χ1n) is 10.7. The summed E-state index contributed by atoms with van der Waals surface area (Å²) in [5.41, 5.74) is 2.30. The summed E-state index contributed by atoms with van der Waals surface area (Å²) >= 11 is 0. The Morgan fingerprint density at radius 2 is 1.78 bits per heavy atom. The van der Waals surface area contributed by atoms with Gasteiger partial charge in [-0.05, 0) is 54.7 Å². The molecule has 0 bridgehead atoms. The molecule has 0 spiro atoms. The fraction of sp³-hybridized carbons (Fsp3) is 0.458. The van der Waals surface area contributed by atoms with E-state index >= 15 is 0 Å². The minimum Gasteiger partial charge on any atom is -0.497 e. The van der Waals surface area contributed by atoms with Crippen LogP contribution in [-0.2, 0) is 6.54 Å². The summed E-state index contributed by atoms with van der Waals surface area (Å²) in [5.74, 6) is 3.33. The first kappa shape index (κ1) is 27.8. The van der Waals surface area contributed by atoms with Crippen molar-refractivity contribution in [3.8, 4) is 17.2 Å². The maximum absolute atomic E-state index is 8.93. The third-order valence-corrected chi connectivity index (χ3v) is 4.90. The molecule has 0 aromatic heterocycles. The van der Waals surface area contributed by atoms with Gasteiger partial charge in [-0.15, -0.1) is 24.0 Å². The number of benzene rings is 2. The van der Waals surface area contributed by atoms with Crippen LogP contribution in [0.3, 0.4) is 0 Å². The Hall–Kier alpha value is -2.20. The third kappa shape index (κ3) is 9.12. The van der Waals surface area contributed by atoms with Gasteiger partial charge in [-0.2, -0.15) is 0 Å². The number of aliphatic hydroxyl groups excluding tert-OH is 1. The molecule has 3 N–H and O–H groups in total. The number of hydrogen-bond acceptors (Lipinski definition) is 5. The normalized spacial score (nSPS) is 11.8. The maximum atomic E-state index is 8.93. The predicted molar refractivity (Wildman–Crippen MR) is 140 cm³/mol. The molecule has 0 heterocycles. The maximum Gasteiger partial charge on any atom is 0.191 e. The second kappa shape index (κ2) is 15.6. The van der Waals surface area contributed by atoms with Gasteiger partial charge in [0.1, 0.15) is 12.4 Å². The summed E-state index contributed by atoms with van der Waals surface area (Å²) in [4.78, 5) is 4.68. The van der Waals surface area contributed by atoms with Gasteiger partial charge in [0.25, 0.3) is 0 Å². The summed E-state index contributed by atoms with van der Waals surface area (Å²) in [6.45, 7) is 6.59. The molecular weight excluding hydrogens is 521 g/mol. The van der Waals surface area contributed by atoms with E-state index in [4.69, 9.17) is 19.3 Å². The molecule has 0 aliphatic rings. The van der Waals surface area contributed by atoms with Gasteiger partial charge < -0.3 is 30.0 Å². The number of hydrogen-bond donors (Lipinski definition) is 3. The van der Waals surface area contributed by atoms with Crippen LogP contribution >= 0.6 is 24.0 Å². The topological polar surface area (TPSA) is 84.3 Å². The number of rotatable bonds is 12. The molecule has 178 valence electrons. The first-order valence-corrected chi connectivity index (χ1v) is 10.7. The molecule has 32 heavy (non-hydrogen) atoms. The Morgan fingerprint density at radius 1 is 1.03 bits per heavy atom. The molecule has 0 radical (unpaired) electrons. The number of aliphatic imine (C=N–C) groups is 1. The molecule has 0 amide bonds. The summed E-state index contributed by atoms with van der Waals surface area (Å²) < 4.78 is 16.1. The third-order valence-electron chi connectivity index (χ3n) is 4.90. The fourth-order valence-electron chi connectivity index (χ4n) is 3.10. The van der Waals surface area contributed by atoms with Crippen LogP contribution in [0.2, 0.25) is 0 Å². The van der Waals surface area contributed by atoms with Crippen LogP contribution in [0.4, 0.5) is 0 Å². The van der Waals surface area contributed by atoms with Crippen LogP contribution in [0.15, 0.2) is 47.5 Å². The molecule has 1 atom stereocenters. The summed E-state index contributed by atoms with van der Waals surface area (Å²) in [5, 5.41) is 15.6. The zero-order valence-electron chi connectivity index (χ0n) is 19.4. The molecule has 2 rings (SSSR count). The molecule has 0 saturated carbocycles. The first-order chi connectivity index (χ1) is 15.1. The minimum atomic E-state index is -0.0377. The highest BCUT2D eigenvalue weighted by molar-refractivity contribution is 14.0. The van der Waals surface area contributed by atoms with E-state index in [0.717, 1.165) is 36.8 Å². The van der Waals surface area contributed by atoms with Crippen LogP contribution in [0.1, 0.15) is 37.3 Å². The SMILES string of the molecule is CCNC(=NCc1ccc(OCCO)c(OC)c1)NCCC(C)c1ccc(OC)cc1.I. The number of nitrogens with zero attached hydrogens (tertiary/aromatic N) is 1. The van der Waals surface area contributed by atoms with E-state index in [9.17, 15) is 0 Å². The Kier molecular flexibility index (Phi) is 13.5. The van der Waals surface area contributed by atoms with Crippen LogP contribution in [0.25, 0.3) is 0 Å². The lowest BCUT2D eigenvalue weighted by Crippen LogP contribution is -2.38. The number of halogens is 1. The number of methoxy groups -OCH3 is 2. The Labute approximate surface area is 208 Å². The largest absolute Gasteiger partial charge is 0.497 e. The molecule has 7 nitrogen and oxygen atoms in total. The fourth-order valence-corrected chi connectivity index (χ4v) is 3.10. The lowest BCUT2D eigenvalue weighted by molar-refractivity contribution is 0.196. The van der Waals surface area contributed by atoms with Gasteiger partial charge in [0.05, 0.1) is 27.4 Å².